The Morgan fingerprint density at radius 2 is 1.71 bits per heavy atom. The molecule has 1 heterocycles. The predicted molar refractivity (Wildman–Crippen MR) is 115 cm³/mol. The van der Waals surface area contributed by atoms with E-state index in [9.17, 15) is 22.8 Å². The number of halogens is 4. The van der Waals surface area contributed by atoms with Crippen LogP contribution in [0.25, 0.3) is 0 Å². The Balaban J connectivity index is 1.80. The van der Waals surface area contributed by atoms with Crippen LogP contribution in [0.15, 0.2) is 59.2 Å². The fourth-order valence-corrected chi connectivity index (χ4v) is 3.05. The van der Waals surface area contributed by atoms with Gasteiger partial charge in [-0.1, -0.05) is 12.1 Å². The molecule has 160 valence electrons. The number of nitrogens with two attached hydrogens (primary N) is 1. The van der Waals surface area contributed by atoms with E-state index in [0.29, 0.717) is 15.7 Å². The van der Waals surface area contributed by atoms with E-state index >= 15 is 0 Å². The second kappa shape index (κ2) is 8.76. The van der Waals surface area contributed by atoms with Gasteiger partial charge in [0.2, 0.25) is 0 Å². The molecular weight excluding hydrogens is 477 g/mol. The number of alkyl halides is 3. The molecule has 3 rings (SSSR count). The molecule has 0 fully saturated rings. The number of amides is 2. The standard InChI is InChI=1S/C21H16BrF3N4O2/c1-11-5-6-14(28-19(30)12-3-2-4-13(7-12)21(23,24)25)8-16(11)20(31)29-15-9-17(22)18(26)27-10-15/h2-10H,1H3,(H2,26,27)(H,28,30)(H,29,31). The molecule has 0 saturated carbocycles. The first-order valence-corrected chi connectivity index (χ1v) is 9.65. The number of anilines is 3. The van der Waals surface area contributed by atoms with Crippen molar-refractivity contribution in [3.05, 3.63) is 81.5 Å². The van der Waals surface area contributed by atoms with E-state index in [1.807, 2.05) is 0 Å². The highest BCUT2D eigenvalue weighted by Crippen LogP contribution is 2.30. The summed E-state index contributed by atoms with van der Waals surface area (Å²) >= 11 is 3.23. The highest BCUT2D eigenvalue weighted by atomic mass is 79.9. The first-order chi connectivity index (χ1) is 14.5. The second-order valence-corrected chi connectivity index (χ2v) is 7.46. The Bertz CT molecular complexity index is 1170. The number of nitrogen functional groups attached to an aromatic ring is 1. The number of benzene rings is 2. The largest absolute Gasteiger partial charge is 0.416 e. The smallest absolute Gasteiger partial charge is 0.383 e. The van der Waals surface area contributed by atoms with Crippen molar-refractivity contribution in [2.24, 2.45) is 0 Å². The maximum Gasteiger partial charge on any atom is 0.416 e. The topological polar surface area (TPSA) is 97.1 Å². The number of carbonyl (C=O) groups excluding carboxylic acids is 2. The van der Waals surface area contributed by atoms with E-state index in [1.165, 1.54) is 18.3 Å². The van der Waals surface area contributed by atoms with E-state index in [0.717, 1.165) is 18.2 Å². The molecule has 0 saturated heterocycles. The minimum atomic E-state index is -4.56. The predicted octanol–water partition coefficient (Wildman–Crippen LogP) is 5.26. The van der Waals surface area contributed by atoms with Gasteiger partial charge in [-0.15, -0.1) is 0 Å². The fourth-order valence-electron chi connectivity index (χ4n) is 2.70. The lowest BCUT2D eigenvalue weighted by Gasteiger charge is -2.12. The number of nitrogens with zero attached hydrogens (tertiary/aromatic N) is 1. The van der Waals surface area contributed by atoms with Gasteiger partial charge >= 0.3 is 6.18 Å². The van der Waals surface area contributed by atoms with Crippen molar-refractivity contribution >= 4 is 44.9 Å². The van der Waals surface area contributed by atoms with Crippen LogP contribution in [0.4, 0.5) is 30.4 Å². The monoisotopic (exact) mass is 492 g/mol. The van der Waals surface area contributed by atoms with Crippen LogP contribution in [-0.4, -0.2) is 16.8 Å². The summed E-state index contributed by atoms with van der Waals surface area (Å²) < 4.78 is 39.2. The van der Waals surface area contributed by atoms with Crippen LogP contribution in [-0.2, 0) is 6.18 Å². The lowest BCUT2D eigenvalue weighted by atomic mass is 10.1. The lowest BCUT2D eigenvalue weighted by Crippen LogP contribution is -2.16. The van der Waals surface area contributed by atoms with Crippen LogP contribution in [0.1, 0.15) is 31.8 Å². The second-order valence-electron chi connectivity index (χ2n) is 6.61. The average molecular weight is 493 g/mol. The molecule has 3 aromatic rings. The maximum absolute atomic E-state index is 12.9. The van der Waals surface area contributed by atoms with Crippen molar-refractivity contribution in [3.8, 4) is 0 Å². The first-order valence-electron chi connectivity index (χ1n) is 8.86. The molecule has 31 heavy (non-hydrogen) atoms. The molecule has 0 unspecified atom stereocenters. The van der Waals surface area contributed by atoms with Crippen molar-refractivity contribution in [3.63, 3.8) is 0 Å². The molecule has 0 spiro atoms. The number of hydrogen-bond acceptors (Lipinski definition) is 4. The van der Waals surface area contributed by atoms with Crippen LogP contribution in [0.3, 0.4) is 0 Å². The van der Waals surface area contributed by atoms with E-state index in [4.69, 9.17) is 5.73 Å². The van der Waals surface area contributed by atoms with Crippen molar-refractivity contribution in [2.75, 3.05) is 16.4 Å². The Kier molecular flexibility index (Phi) is 6.30. The van der Waals surface area contributed by atoms with Crippen molar-refractivity contribution in [1.29, 1.82) is 0 Å². The van der Waals surface area contributed by atoms with Crippen LogP contribution < -0.4 is 16.4 Å². The van der Waals surface area contributed by atoms with Crippen LogP contribution in [0, 0.1) is 6.92 Å². The zero-order valence-electron chi connectivity index (χ0n) is 16.0. The third kappa shape index (κ3) is 5.40. The SMILES string of the molecule is Cc1ccc(NC(=O)c2cccc(C(F)(F)F)c2)cc1C(=O)Nc1cnc(N)c(Br)c1. The number of aromatic nitrogens is 1. The van der Waals surface area contributed by atoms with E-state index in [2.05, 4.69) is 31.5 Å². The lowest BCUT2D eigenvalue weighted by molar-refractivity contribution is -0.137. The van der Waals surface area contributed by atoms with Crippen LogP contribution in [0.2, 0.25) is 0 Å². The maximum atomic E-state index is 12.9. The van der Waals surface area contributed by atoms with E-state index < -0.39 is 23.6 Å². The van der Waals surface area contributed by atoms with Gasteiger partial charge in [-0.05, 0) is 64.8 Å². The minimum absolute atomic E-state index is 0.154. The molecule has 0 atom stereocenters. The average Bonchev–Trinajstić information content (AvgIpc) is 2.71. The number of hydrogen-bond donors (Lipinski definition) is 3. The summed E-state index contributed by atoms with van der Waals surface area (Å²) in [6, 6.07) is 10.3. The Labute approximate surface area is 183 Å². The van der Waals surface area contributed by atoms with Crippen molar-refractivity contribution in [2.45, 2.75) is 13.1 Å². The molecular formula is C21H16BrF3N4O2. The van der Waals surface area contributed by atoms with Gasteiger partial charge in [0, 0.05) is 16.8 Å². The number of rotatable bonds is 4. The molecule has 0 aliphatic rings. The summed E-state index contributed by atoms with van der Waals surface area (Å²) in [5, 5.41) is 5.20. The third-order valence-electron chi connectivity index (χ3n) is 4.32. The molecule has 4 N–H and O–H groups in total. The van der Waals surface area contributed by atoms with E-state index in [1.54, 1.807) is 25.1 Å². The molecule has 0 aliphatic carbocycles. The zero-order valence-corrected chi connectivity index (χ0v) is 17.6. The molecule has 0 bridgehead atoms. The summed E-state index contributed by atoms with van der Waals surface area (Å²) in [7, 11) is 0. The summed E-state index contributed by atoms with van der Waals surface area (Å²) in [6.45, 7) is 1.71. The molecule has 0 radical (unpaired) electrons. The first kappa shape index (κ1) is 22.3. The molecule has 0 aliphatic heterocycles. The van der Waals surface area contributed by atoms with Gasteiger partial charge in [-0.2, -0.15) is 13.2 Å². The Morgan fingerprint density at radius 3 is 2.39 bits per heavy atom. The van der Waals surface area contributed by atoms with Gasteiger partial charge in [0.05, 0.1) is 21.9 Å². The van der Waals surface area contributed by atoms with Gasteiger partial charge in [-0.25, -0.2) is 4.98 Å². The Morgan fingerprint density at radius 1 is 1.00 bits per heavy atom. The van der Waals surface area contributed by atoms with Gasteiger partial charge in [0.1, 0.15) is 5.82 Å². The van der Waals surface area contributed by atoms with Gasteiger partial charge in [-0.3, -0.25) is 9.59 Å². The quantitative estimate of drug-likeness (QED) is 0.462. The molecule has 1 aromatic heterocycles. The zero-order chi connectivity index (χ0) is 22.8. The van der Waals surface area contributed by atoms with Crippen LogP contribution >= 0.6 is 15.9 Å². The van der Waals surface area contributed by atoms with Crippen LogP contribution in [0.5, 0.6) is 0 Å². The van der Waals surface area contributed by atoms with Gasteiger partial charge in [0.25, 0.3) is 11.8 Å². The highest BCUT2D eigenvalue weighted by molar-refractivity contribution is 9.10. The minimum Gasteiger partial charge on any atom is -0.383 e. The highest BCUT2D eigenvalue weighted by Gasteiger charge is 2.30. The number of pyridine rings is 1. The van der Waals surface area contributed by atoms with Crippen molar-refractivity contribution < 1.29 is 22.8 Å². The fraction of sp³-hybridized carbons (Fsp3) is 0.0952. The number of nitrogens with one attached hydrogen (secondary N) is 2. The van der Waals surface area contributed by atoms with Gasteiger partial charge < -0.3 is 16.4 Å². The van der Waals surface area contributed by atoms with Crippen molar-refractivity contribution in [1.82, 2.24) is 4.98 Å². The normalized spacial score (nSPS) is 11.1. The number of carbonyl (C=O) groups is 2. The summed E-state index contributed by atoms with van der Waals surface area (Å²) in [6.07, 6.45) is -3.16. The Hall–Kier alpha value is -3.40. The number of aryl methyl sites for hydroxylation is 1. The summed E-state index contributed by atoms with van der Waals surface area (Å²) in [5.41, 5.74) is 6.13. The summed E-state index contributed by atoms with van der Waals surface area (Å²) in [4.78, 5) is 29.0. The molecule has 10 heteroatoms. The van der Waals surface area contributed by atoms with Gasteiger partial charge in [0.15, 0.2) is 0 Å². The molecule has 6 nitrogen and oxygen atoms in total. The summed E-state index contributed by atoms with van der Waals surface area (Å²) in [5.74, 6) is -0.910. The molecule has 2 amide bonds. The van der Waals surface area contributed by atoms with E-state index in [-0.39, 0.29) is 22.6 Å². The third-order valence-corrected chi connectivity index (χ3v) is 4.95. The molecule has 2 aromatic carbocycles.